The molecule has 3 rings (SSSR count). The van der Waals surface area contributed by atoms with Crippen LogP contribution in [-0.4, -0.2) is 44.1 Å². The van der Waals surface area contributed by atoms with Crippen molar-refractivity contribution in [2.75, 3.05) is 19.8 Å². The molecule has 3 N–H and O–H groups in total. The summed E-state index contributed by atoms with van der Waals surface area (Å²) < 4.78 is 16.6. The summed E-state index contributed by atoms with van der Waals surface area (Å²) >= 11 is 0. The Kier molecular flexibility index (Phi) is 4.38. The predicted octanol–water partition coefficient (Wildman–Crippen LogP) is 0.654. The Bertz CT molecular complexity index is 482. The molecule has 21 heavy (non-hydrogen) atoms. The largest absolute Gasteiger partial charge is 0.445 e. The van der Waals surface area contributed by atoms with E-state index in [2.05, 4.69) is 5.32 Å². The topological polar surface area (TPSA) is 82.8 Å². The highest BCUT2D eigenvalue weighted by Gasteiger charge is 2.47. The molecule has 2 aliphatic heterocycles. The molecule has 1 aromatic carbocycles. The molecule has 2 aliphatic rings. The Morgan fingerprint density at radius 3 is 2.76 bits per heavy atom. The summed E-state index contributed by atoms with van der Waals surface area (Å²) in [7, 11) is 0. The van der Waals surface area contributed by atoms with Crippen LogP contribution in [0, 0.1) is 5.92 Å². The fourth-order valence-corrected chi connectivity index (χ4v) is 2.82. The molecular formula is C15H20N2O4. The summed E-state index contributed by atoms with van der Waals surface area (Å²) in [6, 6.07) is 9.39. The molecule has 1 amide bonds. The molecule has 114 valence electrons. The Morgan fingerprint density at radius 1 is 1.24 bits per heavy atom. The number of hydrogen-bond donors (Lipinski definition) is 2. The first kappa shape index (κ1) is 14.3. The molecule has 0 radical (unpaired) electrons. The van der Waals surface area contributed by atoms with E-state index in [0.29, 0.717) is 19.8 Å². The molecule has 1 aromatic rings. The maximum absolute atomic E-state index is 11.8. The van der Waals surface area contributed by atoms with Crippen LogP contribution in [0.25, 0.3) is 0 Å². The first-order valence-electron chi connectivity index (χ1n) is 7.18. The molecule has 0 spiro atoms. The van der Waals surface area contributed by atoms with Gasteiger partial charge in [0.1, 0.15) is 12.7 Å². The first-order chi connectivity index (χ1) is 10.3. The van der Waals surface area contributed by atoms with Crippen LogP contribution in [0.1, 0.15) is 5.56 Å². The number of hydrogen-bond acceptors (Lipinski definition) is 5. The molecular weight excluding hydrogens is 272 g/mol. The third-order valence-corrected chi connectivity index (χ3v) is 3.97. The van der Waals surface area contributed by atoms with Crippen LogP contribution in [0.2, 0.25) is 0 Å². The number of nitrogens with two attached hydrogens (primary N) is 1. The van der Waals surface area contributed by atoms with Gasteiger partial charge in [0.05, 0.1) is 25.4 Å². The molecule has 0 saturated carbocycles. The summed E-state index contributed by atoms with van der Waals surface area (Å²) in [4.78, 5) is 11.8. The van der Waals surface area contributed by atoms with Crippen LogP contribution in [0.3, 0.4) is 0 Å². The number of amides is 1. The van der Waals surface area contributed by atoms with Crippen LogP contribution >= 0.6 is 0 Å². The van der Waals surface area contributed by atoms with Gasteiger partial charge in [-0.2, -0.15) is 0 Å². The fourth-order valence-electron chi connectivity index (χ4n) is 2.82. The lowest BCUT2D eigenvalue weighted by molar-refractivity contribution is 0.0624. The Morgan fingerprint density at radius 2 is 2.00 bits per heavy atom. The molecule has 6 heteroatoms. The number of nitrogens with one attached hydrogen (secondary N) is 1. The lowest BCUT2D eigenvalue weighted by atomic mass is 10.0. The molecule has 2 saturated heterocycles. The average molecular weight is 292 g/mol. The van der Waals surface area contributed by atoms with Crippen molar-refractivity contribution in [2.45, 2.75) is 24.9 Å². The van der Waals surface area contributed by atoms with Crippen molar-refractivity contribution in [1.82, 2.24) is 5.32 Å². The second-order valence-corrected chi connectivity index (χ2v) is 5.40. The SMILES string of the molecule is NC[C@H]1CO[C@H]2[C@@H]1OC[C@@H]2NC(=O)OCc1ccccc1. The van der Waals surface area contributed by atoms with Gasteiger partial charge in [-0.15, -0.1) is 0 Å². The monoisotopic (exact) mass is 292 g/mol. The number of benzene rings is 1. The molecule has 4 atom stereocenters. The van der Waals surface area contributed by atoms with E-state index in [0.717, 1.165) is 5.56 Å². The van der Waals surface area contributed by atoms with Gasteiger partial charge in [0.15, 0.2) is 0 Å². The van der Waals surface area contributed by atoms with Crippen LogP contribution in [0.5, 0.6) is 0 Å². The highest BCUT2D eigenvalue weighted by atomic mass is 16.6. The number of ether oxygens (including phenoxy) is 3. The quantitative estimate of drug-likeness (QED) is 0.851. The van der Waals surface area contributed by atoms with Gasteiger partial charge in [-0.1, -0.05) is 30.3 Å². The zero-order valence-corrected chi connectivity index (χ0v) is 11.7. The minimum atomic E-state index is -0.451. The molecule has 0 aromatic heterocycles. The van der Waals surface area contributed by atoms with Crippen molar-refractivity contribution < 1.29 is 19.0 Å². The molecule has 0 aliphatic carbocycles. The maximum Gasteiger partial charge on any atom is 0.407 e. The molecule has 2 heterocycles. The zero-order valence-electron chi connectivity index (χ0n) is 11.7. The van der Waals surface area contributed by atoms with Gasteiger partial charge in [0.2, 0.25) is 0 Å². The van der Waals surface area contributed by atoms with Crippen molar-refractivity contribution in [3.8, 4) is 0 Å². The third-order valence-electron chi connectivity index (χ3n) is 3.97. The van der Waals surface area contributed by atoms with E-state index in [1.54, 1.807) is 0 Å². The van der Waals surface area contributed by atoms with Gasteiger partial charge < -0.3 is 25.3 Å². The van der Waals surface area contributed by atoms with E-state index in [1.165, 1.54) is 0 Å². The summed E-state index contributed by atoms with van der Waals surface area (Å²) in [5.74, 6) is 0.210. The third kappa shape index (κ3) is 3.18. The second-order valence-electron chi connectivity index (χ2n) is 5.40. The predicted molar refractivity (Wildman–Crippen MR) is 75.6 cm³/mol. The highest BCUT2D eigenvalue weighted by molar-refractivity contribution is 5.67. The fraction of sp³-hybridized carbons (Fsp3) is 0.533. The van der Waals surface area contributed by atoms with Gasteiger partial charge in [0.25, 0.3) is 0 Å². The van der Waals surface area contributed by atoms with Crippen LogP contribution in [-0.2, 0) is 20.8 Å². The van der Waals surface area contributed by atoms with E-state index >= 15 is 0 Å². The van der Waals surface area contributed by atoms with Crippen molar-refractivity contribution in [1.29, 1.82) is 0 Å². The van der Waals surface area contributed by atoms with Crippen molar-refractivity contribution in [3.05, 3.63) is 35.9 Å². The summed E-state index contributed by atoms with van der Waals surface area (Å²) in [6.45, 7) is 1.81. The number of rotatable bonds is 4. The summed E-state index contributed by atoms with van der Waals surface area (Å²) in [5, 5.41) is 2.81. The van der Waals surface area contributed by atoms with Crippen LogP contribution in [0.4, 0.5) is 4.79 Å². The standard InChI is InChI=1S/C15H20N2O4/c16-6-11-8-19-14-12(9-20-13(11)14)17-15(18)21-7-10-4-2-1-3-5-10/h1-5,11-14H,6-9,16H2,(H,17,18)/t11-,12-,13+,14+/m0/s1. The lowest BCUT2D eigenvalue weighted by Crippen LogP contribution is -2.44. The lowest BCUT2D eigenvalue weighted by Gasteiger charge is -2.17. The van der Waals surface area contributed by atoms with E-state index in [4.69, 9.17) is 19.9 Å². The highest BCUT2D eigenvalue weighted by Crippen LogP contribution is 2.30. The maximum atomic E-state index is 11.8. The summed E-state index contributed by atoms with van der Waals surface area (Å²) in [6.07, 6.45) is -0.592. The second kappa shape index (κ2) is 6.43. The zero-order chi connectivity index (χ0) is 14.7. The van der Waals surface area contributed by atoms with Crippen LogP contribution in [0.15, 0.2) is 30.3 Å². The Hall–Kier alpha value is -1.63. The normalized spacial score (nSPS) is 30.9. The van der Waals surface area contributed by atoms with E-state index in [9.17, 15) is 4.79 Å². The van der Waals surface area contributed by atoms with Gasteiger partial charge in [-0.25, -0.2) is 4.79 Å². The van der Waals surface area contributed by atoms with Crippen molar-refractivity contribution >= 4 is 6.09 Å². The van der Waals surface area contributed by atoms with Gasteiger partial charge in [-0.05, 0) is 12.1 Å². The van der Waals surface area contributed by atoms with Crippen molar-refractivity contribution in [3.63, 3.8) is 0 Å². The first-order valence-corrected chi connectivity index (χ1v) is 7.18. The number of fused-ring (bicyclic) bond motifs is 1. The molecule has 0 unspecified atom stereocenters. The number of carbonyl (C=O) groups is 1. The molecule has 2 fully saturated rings. The Labute approximate surface area is 123 Å². The number of carbonyl (C=O) groups excluding carboxylic acids is 1. The van der Waals surface area contributed by atoms with Gasteiger partial charge in [0, 0.05) is 5.92 Å². The van der Waals surface area contributed by atoms with E-state index < -0.39 is 6.09 Å². The molecule has 6 nitrogen and oxygen atoms in total. The van der Waals surface area contributed by atoms with Crippen LogP contribution < -0.4 is 11.1 Å². The summed E-state index contributed by atoms with van der Waals surface area (Å²) in [5.41, 5.74) is 6.63. The smallest absolute Gasteiger partial charge is 0.407 e. The number of alkyl carbamates (subject to hydrolysis) is 1. The minimum absolute atomic E-state index is 0.0191. The average Bonchev–Trinajstić information content (AvgIpc) is 3.09. The van der Waals surface area contributed by atoms with E-state index in [-0.39, 0.29) is 30.8 Å². The molecule has 0 bridgehead atoms. The minimum Gasteiger partial charge on any atom is -0.445 e. The van der Waals surface area contributed by atoms with Crippen molar-refractivity contribution in [2.24, 2.45) is 11.7 Å². The van der Waals surface area contributed by atoms with E-state index in [1.807, 2.05) is 30.3 Å². The van der Waals surface area contributed by atoms with Gasteiger partial charge in [-0.3, -0.25) is 0 Å². The Balaban J connectivity index is 1.47. The van der Waals surface area contributed by atoms with Gasteiger partial charge >= 0.3 is 6.09 Å².